The zero-order valence-corrected chi connectivity index (χ0v) is 14.1. The molecule has 0 N–H and O–H groups in total. The molecular weight excluding hydrogens is 325 g/mol. The van der Waals surface area contributed by atoms with E-state index in [4.69, 9.17) is 27.9 Å². The summed E-state index contributed by atoms with van der Waals surface area (Å²) in [6.45, 7) is 5.74. The zero-order valence-electron chi connectivity index (χ0n) is 12.6. The first kappa shape index (κ1) is 16.8. The van der Waals surface area contributed by atoms with Crippen LogP contribution < -0.4 is 4.74 Å². The average molecular weight is 342 g/mol. The second-order valence-corrected chi connectivity index (χ2v) is 6.10. The second kappa shape index (κ2) is 6.67. The van der Waals surface area contributed by atoms with Crippen LogP contribution in [0.2, 0.25) is 5.02 Å². The van der Waals surface area contributed by atoms with Gasteiger partial charge in [-0.15, -0.1) is 16.7 Å². The molecule has 22 heavy (non-hydrogen) atoms. The van der Waals surface area contributed by atoms with Crippen LogP contribution in [-0.4, -0.2) is 33.2 Å². The van der Waals surface area contributed by atoms with E-state index in [1.807, 2.05) is 13.0 Å². The molecule has 0 aliphatic heterocycles. The summed E-state index contributed by atoms with van der Waals surface area (Å²) >= 11 is 11.9. The van der Waals surface area contributed by atoms with Crippen molar-refractivity contribution in [3.05, 3.63) is 29.3 Å². The number of carbonyl (C=O) groups is 1. The molecule has 1 aromatic carbocycles. The van der Waals surface area contributed by atoms with E-state index in [1.54, 1.807) is 32.0 Å². The smallest absolute Gasteiger partial charge is 0.336 e. The first-order valence-corrected chi connectivity index (χ1v) is 7.77. The quantitative estimate of drug-likeness (QED) is 0.773. The fourth-order valence-corrected chi connectivity index (χ4v) is 2.09. The van der Waals surface area contributed by atoms with Crippen molar-refractivity contribution in [3.8, 4) is 17.4 Å². The molecule has 7 heteroatoms. The first-order valence-electron chi connectivity index (χ1n) is 6.85. The van der Waals surface area contributed by atoms with Gasteiger partial charge in [0.1, 0.15) is 0 Å². The molecular formula is C15H17Cl2N3O2. The van der Waals surface area contributed by atoms with Gasteiger partial charge < -0.3 is 4.74 Å². The lowest BCUT2D eigenvalue weighted by atomic mass is 9.95. The van der Waals surface area contributed by atoms with Crippen LogP contribution in [0.1, 0.15) is 25.6 Å². The lowest BCUT2D eigenvalue weighted by Gasteiger charge is -2.19. The van der Waals surface area contributed by atoms with Crippen LogP contribution in [0.5, 0.6) is 6.01 Å². The number of hydrogen-bond donors (Lipinski definition) is 0. The lowest BCUT2D eigenvalue weighted by Crippen LogP contribution is -2.32. The Labute approximate surface area is 139 Å². The highest BCUT2D eigenvalue weighted by atomic mass is 35.5. The molecule has 5 nitrogen and oxygen atoms in total. The monoisotopic (exact) mass is 341 g/mol. The molecule has 0 radical (unpaired) electrons. The van der Waals surface area contributed by atoms with Crippen molar-refractivity contribution in [2.24, 2.45) is 5.41 Å². The highest BCUT2D eigenvalue weighted by Crippen LogP contribution is 2.27. The molecule has 0 saturated carbocycles. The van der Waals surface area contributed by atoms with Crippen LogP contribution in [0.25, 0.3) is 11.4 Å². The Morgan fingerprint density at radius 1 is 1.41 bits per heavy atom. The summed E-state index contributed by atoms with van der Waals surface area (Å²) in [6.07, 6.45) is 0. The van der Waals surface area contributed by atoms with Gasteiger partial charge in [0.25, 0.3) is 5.91 Å². The maximum Gasteiger partial charge on any atom is 0.336 e. The van der Waals surface area contributed by atoms with Gasteiger partial charge in [-0.05, 0) is 32.9 Å². The molecule has 1 aromatic heterocycles. The van der Waals surface area contributed by atoms with Crippen molar-refractivity contribution in [3.63, 3.8) is 0 Å². The Balaban J connectivity index is 2.55. The van der Waals surface area contributed by atoms with Crippen molar-refractivity contribution < 1.29 is 9.53 Å². The second-order valence-electron chi connectivity index (χ2n) is 5.40. The summed E-state index contributed by atoms with van der Waals surface area (Å²) in [5.74, 6) is 0.301. The van der Waals surface area contributed by atoms with Crippen LogP contribution in [-0.2, 0) is 0 Å². The molecule has 0 spiro atoms. The number of benzene rings is 1. The number of rotatable bonds is 5. The van der Waals surface area contributed by atoms with Crippen LogP contribution in [0.4, 0.5) is 0 Å². The summed E-state index contributed by atoms with van der Waals surface area (Å²) in [5, 5.41) is 4.70. The van der Waals surface area contributed by atoms with E-state index in [0.717, 1.165) is 0 Å². The minimum atomic E-state index is -0.772. The zero-order chi connectivity index (χ0) is 16.3. The summed E-state index contributed by atoms with van der Waals surface area (Å²) in [6, 6.07) is 7.21. The van der Waals surface area contributed by atoms with E-state index in [1.165, 1.54) is 4.68 Å². The first-order chi connectivity index (χ1) is 10.4. The van der Waals surface area contributed by atoms with Gasteiger partial charge in [-0.1, -0.05) is 23.7 Å². The van der Waals surface area contributed by atoms with Crippen molar-refractivity contribution in [1.82, 2.24) is 14.8 Å². The number of nitrogens with zero attached hydrogens (tertiary/aromatic N) is 3. The van der Waals surface area contributed by atoms with E-state index in [2.05, 4.69) is 10.1 Å². The Kier molecular flexibility index (Phi) is 5.08. The van der Waals surface area contributed by atoms with Gasteiger partial charge >= 0.3 is 6.01 Å². The fourth-order valence-electron chi connectivity index (χ4n) is 1.78. The Morgan fingerprint density at radius 3 is 2.73 bits per heavy atom. The fraction of sp³-hybridized carbons (Fsp3) is 0.400. The van der Waals surface area contributed by atoms with Gasteiger partial charge in [-0.3, -0.25) is 4.79 Å². The third-order valence-electron chi connectivity index (χ3n) is 3.05. The average Bonchev–Trinajstić information content (AvgIpc) is 2.90. The summed E-state index contributed by atoms with van der Waals surface area (Å²) in [7, 11) is 0. The Hall–Kier alpha value is -1.59. The maximum absolute atomic E-state index is 12.7. The van der Waals surface area contributed by atoms with Gasteiger partial charge in [0.05, 0.1) is 12.0 Å². The third kappa shape index (κ3) is 3.42. The molecule has 0 amide bonds. The summed E-state index contributed by atoms with van der Waals surface area (Å²) in [5.41, 5.74) is -0.0869. The minimum Gasteiger partial charge on any atom is -0.463 e. The topological polar surface area (TPSA) is 57.0 Å². The molecule has 2 rings (SSSR count). The largest absolute Gasteiger partial charge is 0.463 e. The number of alkyl halides is 1. The van der Waals surface area contributed by atoms with E-state index >= 15 is 0 Å². The molecule has 0 atom stereocenters. The molecule has 1 heterocycles. The predicted octanol–water partition coefficient (Wildman–Crippen LogP) is 3.90. The van der Waals surface area contributed by atoms with Gasteiger partial charge in [0.15, 0.2) is 5.82 Å². The van der Waals surface area contributed by atoms with Crippen LogP contribution >= 0.6 is 23.2 Å². The van der Waals surface area contributed by atoms with E-state index in [0.29, 0.717) is 23.0 Å². The van der Waals surface area contributed by atoms with E-state index in [-0.39, 0.29) is 17.8 Å². The van der Waals surface area contributed by atoms with E-state index < -0.39 is 5.41 Å². The van der Waals surface area contributed by atoms with Crippen molar-refractivity contribution in [2.45, 2.75) is 20.8 Å². The SMILES string of the molecule is CCOc1nc(-c2cccc(Cl)c2)n(C(=O)C(C)(C)CCl)n1. The van der Waals surface area contributed by atoms with Crippen molar-refractivity contribution in [1.29, 1.82) is 0 Å². The van der Waals surface area contributed by atoms with Gasteiger partial charge in [-0.25, -0.2) is 0 Å². The minimum absolute atomic E-state index is 0.149. The highest BCUT2D eigenvalue weighted by Gasteiger charge is 2.32. The molecule has 0 fully saturated rings. The van der Waals surface area contributed by atoms with Crippen LogP contribution in [0.15, 0.2) is 24.3 Å². The highest BCUT2D eigenvalue weighted by molar-refractivity contribution is 6.30. The maximum atomic E-state index is 12.7. The molecule has 0 unspecified atom stereocenters. The number of halogens is 2. The number of carbonyl (C=O) groups excluding carboxylic acids is 1. The Bertz CT molecular complexity index is 683. The van der Waals surface area contributed by atoms with Crippen LogP contribution in [0, 0.1) is 5.41 Å². The van der Waals surface area contributed by atoms with Gasteiger partial charge in [0.2, 0.25) is 0 Å². The predicted molar refractivity (Wildman–Crippen MR) is 86.8 cm³/mol. The summed E-state index contributed by atoms with van der Waals surface area (Å²) < 4.78 is 6.55. The van der Waals surface area contributed by atoms with E-state index in [9.17, 15) is 4.79 Å². The van der Waals surface area contributed by atoms with Gasteiger partial charge in [-0.2, -0.15) is 9.67 Å². The standard InChI is InChI=1S/C15H17Cl2N3O2/c1-4-22-14-18-12(10-6-5-7-11(17)8-10)20(19-14)13(21)15(2,3)9-16/h5-8H,4,9H2,1-3H3. The van der Waals surface area contributed by atoms with Gasteiger partial charge in [0, 0.05) is 16.5 Å². The number of ether oxygens (including phenoxy) is 1. The summed E-state index contributed by atoms with van der Waals surface area (Å²) in [4.78, 5) is 17.0. The molecule has 0 saturated heterocycles. The van der Waals surface area contributed by atoms with Crippen molar-refractivity contribution >= 4 is 29.1 Å². The Morgan fingerprint density at radius 2 is 2.14 bits per heavy atom. The molecule has 0 bridgehead atoms. The van der Waals surface area contributed by atoms with Crippen LogP contribution in [0.3, 0.4) is 0 Å². The molecule has 0 aliphatic rings. The third-order valence-corrected chi connectivity index (χ3v) is 3.95. The lowest BCUT2D eigenvalue weighted by molar-refractivity contribution is 0.0753. The molecule has 0 aliphatic carbocycles. The molecule has 118 valence electrons. The van der Waals surface area contributed by atoms with Crippen molar-refractivity contribution in [2.75, 3.05) is 12.5 Å². The normalized spacial score (nSPS) is 11.5. The molecule has 2 aromatic rings. The number of hydrogen-bond acceptors (Lipinski definition) is 4. The number of aromatic nitrogens is 3.